The first kappa shape index (κ1) is 22.3. The first-order valence-corrected chi connectivity index (χ1v) is 9.99. The Kier molecular flexibility index (Phi) is 5.75. The van der Waals surface area contributed by atoms with Crippen molar-refractivity contribution in [3.8, 4) is 0 Å². The molecule has 0 aliphatic carbocycles. The highest BCUT2D eigenvalue weighted by molar-refractivity contribution is 5.98. The van der Waals surface area contributed by atoms with Crippen LogP contribution in [-0.4, -0.2) is 34.6 Å². The van der Waals surface area contributed by atoms with Crippen LogP contribution in [0.4, 0.5) is 17.6 Å². The molecule has 1 aromatic heterocycles. The van der Waals surface area contributed by atoms with E-state index in [0.29, 0.717) is 10.9 Å². The molecule has 6 nitrogen and oxygen atoms in total. The number of amides is 1. The van der Waals surface area contributed by atoms with Gasteiger partial charge in [0.15, 0.2) is 0 Å². The van der Waals surface area contributed by atoms with E-state index in [2.05, 4.69) is 10.9 Å². The molecule has 0 atom stereocenters. The Bertz CT molecular complexity index is 1260. The SMILES string of the molecule is CN(C)C1=CNN(NC(=O)c2cc3ccc(C(F)(F)F)cc3n2Cc2cccc(F)c2)C=C1. The van der Waals surface area contributed by atoms with Crippen LogP contribution < -0.4 is 10.9 Å². The van der Waals surface area contributed by atoms with E-state index in [1.165, 1.54) is 40.0 Å². The van der Waals surface area contributed by atoms with Crippen molar-refractivity contribution in [2.45, 2.75) is 12.7 Å². The number of hydrazine groups is 2. The molecule has 33 heavy (non-hydrogen) atoms. The van der Waals surface area contributed by atoms with Crippen LogP contribution in [0.1, 0.15) is 21.6 Å². The molecule has 0 unspecified atom stereocenters. The Labute approximate surface area is 187 Å². The number of allylic oxidation sites excluding steroid dienone is 1. The number of nitrogens with zero attached hydrogens (tertiary/aromatic N) is 3. The maximum absolute atomic E-state index is 13.7. The van der Waals surface area contributed by atoms with Crippen LogP contribution in [-0.2, 0) is 12.7 Å². The van der Waals surface area contributed by atoms with Crippen molar-refractivity contribution in [3.63, 3.8) is 0 Å². The number of carbonyl (C=O) groups excluding carboxylic acids is 1. The van der Waals surface area contributed by atoms with Gasteiger partial charge in [-0.3, -0.25) is 10.2 Å². The van der Waals surface area contributed by atoms with Gasteiger partial charge in [-0.15, -0.1) is 0 Å². The molecule has 10 heteroatoms. The van der Waals surface area contributed by atoms with Crippen molar-refractivity contribution in [2.75, 3.05) is 14.1 Å². The zero-order chi connectivity index (χ0) is 23.8. The zero-order valence-electron chi connectivity index (χ0n) is 17.8. The minimum atomic E-state index is -4.54. The summed E-state index contributed by atoms with van der Waals surface area (Å²) in [7, 11) is 3.73. The number of benzene rings is 2. The molecule has 0 radical (unpaired) electrons. The smallest absolute Gasteiger partial charge is 0.376 e. The molecule has 2 heterocycles. The molecule has 4 rings (SSSR count). The fourth-order valence-electron chi connectivity index (χ4n) is 3.50. The molecule has 0 saturated carbocycles. The Balaban J connectivity index is 1.70. The van der Waals surface area contributed by atoms with Crippen LogP contribution in [0.25, 0.3) is 10.9 Å². The van der Waals surface area contributed by atoms with Crippen molar-refractivity contribution in [2.24, 2.45) is 0 Å². The normalized spacial score (nSPS) is 13.6. The second-order valence-corrected chi connectivity index (χ2v) is 7.74. The number of alkyl halides is 3. The van der Waals surface area contributed by atoms with Crippen LogP contribution in [0, 0.1) is 5.82 Å². The highest BCUT2D eigenvalue weighted by Gasteiger charge is 2.31. The lowest BCUT2D eigenvalue weighted by atomic mass is 10.1. The minimum absolute atomic E-state index is 0.0132. The predicted octanol–water partition coefficient (Wildman–Crippen LogP) is 4.23. The third-order valence-corrected chi connectivity index (χ3v) is 5.18. The van der Waals surface area contributed by atoms with Crippen LogP contribution >= 0.6 is 0 Å². The van der Waals surface area contributed by atoms with Crippen molar-refractivity contribution in [1.82, 2.24) is 25.4 Å². The third kappa shape index (κ3) is 4.79. The molecule has 172 valence electrons. The second-order valence-electron chi connectivity index (χ2n) is 7.74. The van der Waals surface area contributed by atoms with Crippen molar-refractivity contribution in [1.29, 1.82) is 0 Å². The maximum Gasteiger partial charge on any atom is 0.416 e. The Morgan fingerprint density at radius 3 is 2.55 bits per heavy atom. The average Bonchev–Trinajstić information content (AvgIpc) is 3.11. The molecule has 0 fully saturated rings. The van der Waals surface area contributed by atoms with Gasteiger partial charge in [0.05, 0.1) is 11.3 Å². The largest absolute Gasteiger partial charge is 0.416 e. The topological polar surface area (TPSA) is 52.5 Å². The highest BCUT2D eigenvalue weighted by atomic mass is 19.4. The molecule has 3 aromatic rings. The lowest BCUT2D eigenvalue weighted by molar-refractivity contribution is -0.137. The molecule has 0 bridgehead atoms. The summed E-state index contributed by atoms with van der Waals surface area (Å²) in [5.41, 5.74) is 6.45. The van der Waals surface area contributed by atoms with Gasteiger partial charge in [-0.05, 0) is 42.0 Å². The quantitative estimate of drug-likeness (QED) is 0.561. The Morgan fingerprint density at radius 1 is 1.12 bits per heavy atom. The predicted molar refractivity (Wildman–Crippen MR) is 116 cm³/mol. The van der Waals surface area contributed by atoms with Gasteiger partial charge in [-0.1, -0.05) is 18.2 Å². The summed E-state index contributed by atoms with van der Waals surface area (Å²) in [5.74, 6) is -1.02. The molecule has 1 aliphatic heterocycles. The average molecular weight is 459 g/mol. The lowest BCUT2D eigenvalue weighted by Gasteiger charge is -2.26. The number of fused-ring (bicyclic) bond motifs is 1. The Morgan fingerprint density at radius 2 is 1.91 bits per heavy atom. The summed E-state index contributed by atoms with van der Waals surface area (Å²) in [5, 5.41) is 1.79. The van der Waals surface area contributed by atoms with Crippen LogP contribution in [0.3, 0.4) is 0 Å². The van der Waals surface area contributed by atoms with Gasteiger partial charge in [0.25, 0.3) is 5.91 Å². The van der Waals surface area contributed by atoms with E-state index < -0.39 is 23.5 Å². The van der Waals surface area contributed by atoms with Gasteiger partial charge in [0, 0.05) is 43.9 Å². The summed E-state index contributed by atoms with van der Waals surface area (Å²) in [6, 6.07) is 10.5. The number of hydrogen-bond acceptors (Lipinski definition) is 4. The van der Waals surface area contributed by atoms with Gasteiger partial charge in [0.1, 0.15) is 11.5 Å². The summed E-state index contributed by atoms with van der Waals surface area (Å²) in [6.45, 7) is 0.0132. The van der Waals surface area contributed by atoms with E-state index in [4.69, 9.17) is 0 Å². The summed E-state index contributed by atoms with van der Waals surface area (Å²) < 4.78 is 55.1. The molecule has 1 amide bonds. The number of hydrogen-bond donors (Lipinski definition) is 2. The molecule has 0 saturated heterocycles. The highest BCUT2D eigenvalue weighted by Crippen LogP contribution is 2.33. The second kappa shape index (κ2) is 8.53. The molecular formula is C23H21F4N5O. The molecular weight excluding hydrogens is 438 g/mol. The van der Waals surface area contributed by atoms with Crippen molar-refractivity contribution < 1.29 is 22.4 Å². The lowest BCUT2D eigenvalue weighted by Crippen LogP contribution is -2.47. The van der Waals surface area contributed by atoms with Gasteiger partial charge in [0.2, 0.25) is 0 Å². The summed E-state index contributed by atoms with van der Waals surface area (Å²) in [4.78, 5) is 15.0. The Hall–Kier alpha value is -3.95. The first-order valence-electron chi connectivity index (χ1n) is 9.99. The van der Waals surface area contributed by atoms with E-state index in [0.717, 1.165) is 17.8 Å². The van der Waals surface area contributed by atoms with Gasteiger partial charge < -0.3 is 9.47 Å². The minimum Gasteiger partial charge on any atom is -0.376 e. The molecule has 2 aromatic carbocycles. The molecule has 0 spiro atoms. The third-order valence-electron chi connectivity index (χ3n) is 5.18. The number of rotatable bonds is 5. The van der Waals surface area contributed by atoms with Crippen molar-refractivity contribution in [3.05, 3.63) is 95.3 Å². The number of carbonyl (C=O) groups is 1. The first-order chi connectivity index (χ1) is 15.6. The van der Waals surface area contributed by atoms with Crippen LogP contribution in [0.2, 0.25) is 0 Å². The van der Waals surface area contributed by atoms with Crippen LogP contribution in [0.15, 0.2) is 72.7 Å². The standard InChI is InChI=1S/C23H21F4N5O/c1-30(2)19-8-9-32(28-13-19)29-22(33)21-11-16-6-7-17(23(25,26)27)12-20(16)31(21)14-15-4-3-5-18(24)10-15/h3-13,28H,14H2,1-2H3,(H,29,33). The van der Waals surface area contributed by atoms with Crippen molar-refractivity contribution >= 4 is 16.8 Å². The fourth-order valence-corrected chi connectivity index (χ4v) is 3.50. The summed E-state index contributed by atoms with van der Waals surface area (Å²) >= 11 is 0. The van der Waals surface area contributed by atoms with E-state index in [9.17, 15) is 22.4 Å². The van der Waals surface area contributed by atoms with Gasteiger partial charge in [-0.25, -0.2) is 14.9 Å². The van der Waals surface area contributed by atoms with E-state index >= 15 is 0 Å². The van der Waals surface area contributed by atoms with E-state index in [1.54, 1.807) is 24.5 Å². The fraction of sp³-hybridized carbons (Fsp3) is 0.174. The van der Waals surface area contributed by atoms with Gasteiger partial charge in [-0.2, -0.15) is 13.2 Å². The van der Waals surface area contributed by atoms with E-state index in [-0.39, 0.29) is 17.8 Å². The number of nitrogens with one attached hydrogen (secondary N) is 2. The molecule has 1 aliphatic rings. The number of aromatic nitrogens is 1. The summed E-state index contributed by atoms with van der Waals surface area (Å²) in [6.07, 6.45) is 0.519. The van der Waals surface area contributed by atoms with Crippen LogP contribution in [0.5, 0.6) is 0 Å². The number of likely N-dealkylation sites (N-methyl/N-ethyl adjacent to an activating group) is 1. The van der Waals surface area contributed by atoms with E-state index in [1.807, 2.05) is 19.0 Å². The molecule has 2 N–H and O–H groups in total. The van der Waals surface area contributed by atoms with Gasteiger partial charge >= 0.3 is 6.18 Å². The maximum atomic E-state index is 13.7. The monoisotopic (exact) mass is 459 g/mol. The zero-order valence-corrected chi connectivity index (χ0v) is 17.8. The number of halogens is 4.